The molecule has 0 bridgehead atoms. The summed E-state index contributed by atoms with van der Waals surface area (Å²) in [6, 6.07) is 5.33. The van der Waals surface area contributed by atoms with E-state index in [4.69, 9.17) is 4.42 Å². The second-order valence-corrected chi connectivity index (χ2v) is 5.25. The van der Waals surface area contributed by atoms with E-state index < -0.39 is 0 Å². The Balaban J connectivity index is 1.72. The van der Waals surface area contributed by atoms with E-state index in [-0.39, 0.29) is 0 Å². The number of nitrogens with one attached hydrogen (secondary N) is 1. The molecule has 2 aromatic rings. The molecule has 0 spiro atoms. The number of anilines is 1. The summed E-state index contributed by atoms with van der Waals surface area (Å²) in [5.74, 6) is 0. The number of aromatic nitrogens is 1. The number of pyridine rings is 1. The van der Waals surface area contributed by atoms with Gasteiger partial charge in [-0.2, -0.15) is 0 Å². The number of hydrogen-bond acceptors (Lipinski definition) is 4. The minimum atomic E-state index is 0.632. The molecule has 2 saturated heterocycles. The number of rotatable bonds is 1. The molecule has 94 valence electrons. The molecule has 2 atom stereocenters. The zero-order valence-corrected chi connectivity index (χ0v) is 10.3. The van der Waals surface area contributed by atoms with Gasteiger partial charge >= 0.3 is 0 Å². The summed E-state index contributed by atoms with van der Waals surface area (Å²) in [5, 5.41) is 3.60. The normalized spacial score (nSPS) is 27.7. The van der Waals surface area contributed by atoms with Gasteiger partial charge in [-0.15, -0.1) is 0 Å². The Morgan fingerprint density at radius 3 is 3.39 bits per heavy atom. The molecule has 0 unspecified atom stereocenters. The average Bonchev–Trinajstić information content (AvgIpc) is 3.05. The van der Waals surface area contributed by atoms with Gasteiger partial charge in [-0.1, -0.05) is 0 Å². The molecular weight excluding hydrogens is 226 g/mol. The lowest BCUT2D eigenvalue weighted by Gasteiger charge is -2.38. The van der Waals surface area contributed by atoms with Crippen molar-refractivity contribution in [3.8, 4) is 0 Å². The Hall–Kier alpha value is -1.55. The van der Waals surface area contributed by atoms with Crippen LogP contribution in [0.4, 0.5) is 5.69 Å². The predicted molar refractivity (Wildman–Crippen MR) is 70.8 cm³/mol. The van der Waals surface area contributed by atoms with Gasteiger partial charge in [-0.25, -0.2) is 0 Å². The van der Waals surface area contributed by atoms with E-state index in [9.17, 15) is 0 Å². The monoisotopic (exact) mass is 243 g/mol. The van der Waals surface area contributed by atoms with Gasteiger partial charge in [0.1, 0.15) is 5.52 Å². The van der Waals surface area contributed by atoms with Crippen molar-refractivity contribution in [2.75, 3.05) is 18.0 Å². The highest BCUT2D eigenvalue weighted by Crippen LogP contribution is 2.30. The number of nitrogens with zero attached hydrogens (tertiary/aromatic N) is 2. The first kappa shape index (κ1) is 10.4. The summed E-state index contributed by atoms with van der Waals surface area (Å²) < 4.78 is 5.46. The van der Waals surface area contributed by atoms with Crippen LogP contribution in [-0.4, -0.2) is 30.2 Å². The largest absolute Gasteiger partial charge is 0.463 e. The van der Waals surface area contributed by atoms with E-state index in [1.54, 1.807) is 6.26 Å². The van der Waals surface area contributed by atoms with Crippen molar-refractivity contribution in [2.45, 2.75) is 31.3 Å². The summed E-state index contributed by atoms with van der Waals surface area (Å²) in [4.78, 5) is 6.98. The first-order valence-electron chi connectivity index (χ1n) is 6.75. The van der Waals surface area contributed by atoms with E-state index in [0.717, 1.165) is 24.2 Å². The fourth-order valence-electron chi connectivity index (χ4n) is 3.38. The third-order valence-corrected chi connectivity index (χ3v) is 4.25. The van der Waals surface area contributed by atoms with Crippen LogP contribution in [0.1, 0.15) is 19.3 Å². The van der Waals surface area contributed by atoms with Gasteiger partial charge < -0.3 is 14.6 Å². The molecule has 0 radical (unpaired) electrons. The molecule has 4 rings (SSSR count). The Morgan fingerprint density at radius 1 is 1.39 bits per heavy atom. The SMILES string of the molecule is c1cc2ncc(N3CCC[C@@H]4NCC[C@@H]43)cc2o1. The van der Waals surface area contributed by atoms with Gasteiger partial charge in [0.2, 0.25) is 0 Å². The second-order valence-electron chi connectivity index (χ2n) is 5.25. The summed E-state index contributed by atoms with van der Waals surface area (Å²) >= 11 is 0. The fraction of sp³-hybridized carbons (Fsp3) is 0.500. The molecule has 2 aliphatic heterocycles. The van der Waals surface area contributed by atoms with E-state index in [2.05, 4.69) is 21.3 Å². The highest BCUT2D eigenvalue weighted by atomic mass is 16.3. The minimum absolute atomic E-state index is 0.632. The third-order valence-electron chi connectivity index (χ3n) is 4.25. The molecule has 4 heterocycles. The number of piperidine rings is 1. The number of fused-ring (bicyclic) bond motifs is 2. The molecule has 0 saturated carbocycles. The molecular formula is C14H17N3O. The van der Waals surface area contributed by atoms with Crippen LogP contribution < -0.4 is 10.2 Å². The third kappa shape index (κ3) is 1.52. The number of furan rings is 1. The first-order chi connectivity index (χ1) is 8.92. The smallest absolute Gasteiger partial charge is 0.154 e. The minimum Gasteiger partial charge on any atom is -0.463 e. The van der Waals surface area contributed by atoms with Crippen LogP contribution in [0, 0.1) is 0 Å². The second kappa shape index (κ2) is 3.99. The number of hydrogen-bond donors (Lipinski definition) is 1. The predicted octanol–water partition coefficient (Wildman–Crippen LogP) is 2.16. The molecule has 1 N–H and O–H groups in total. The summed E-state index contributed by atoms with van der Waals surface area (Å²) in [6.45, 7) is 2.28. The molecule has 18 heavy (non-hydrogen) atoms. The molecule has 2 fully saturated rings. The summed E-state index contributed by atoms with van der Waals surface area (Å²) in [6.07, 6.45) is 7.49. The van der Waals surface area contributed by atoms with E-state index >= 15 is 0 Å². The van der Waals surface area contributed by atoms with Gasteiger partial charge in [0.05, 0.1) is 18.1 Å². The Bertz CT molecular complexity index is 565. The van der Waals surface area contributed by atoms with Crippen LogP contribution in [0.2, 0.25) is 0 Å². The quantitative estimate of drug-likeness (QED) is 0.833. The van der Waals surface area contributed by atoms with Crippen LogP contribution in [0.5, 0.6) is 0 Å². The molecule has 0 aliphatic carbocycles. The zero-order valence-electron chi connectivity index (χ0n) is 10.3. The van der Waals surface area contributed by atoms with E-state index in [0.29, 0.717) is 12.1 Å². The van der Waals surface area contributed by atoms with Crippen LogP contribution in [0.25, 0.3) is 11.1 Å². The zero-order chi connectivity index (χ0) is 11.9. The maximum atomic E-state index is 5.46. The van der Waals surface area contributed by atoms with Crippen molar-refractivity contribution in [1.82, 2.24) is 10.3 Å². The van der Waals surface area contributed by atoms with Gasteiger partial charge in [0.15, 0.2) is 5.58 Å². The first-order valence-corrected chi connectivity index (χ1v) is 6.75. The van der Waals surface area contributed by atoms with Crippen molar-refractivity contribution < 1.29 is 4.42 Å². The Labute approximate surface area is 106 Å². The van der Waals surface area contributed by atoms with E-state index in [1.165, 1.54) is 24.9 Å². The van der Waals surface area contributed by atoms with Gasteiger partial charge in [0, 0.05) is 30.8 Å². The lowest BCUT2D eigenvalue weighted by molar-refractivity contribution is 0.412. The van der Waals surface area contributed by atoms with Crippen LogP contribution in [0.3, 0.4) is 0 Å². The summed E-state index contributed by atoms with van der Waals surface area (Å²) in [7, 11) is 0. The van der Waals surface area contributed by atoms with Gasteiger partial charge in [-0.05, 0) is 25.8 Å². The maximum Gasteiger partial charge on any atom is 0.154 e. The lowest BCUT2D eigenvalue weighted by Crippen LogP contribution is -2.48. The van der Waals surface area contributed by atoms with Crippen LogP contribution >= 0.6 is 0 Å². The van der Waals surface area contributed by atoms with E-state index in [1.807, 2.05) is 12.3 Å². The maximum absolute atomic E-state index is 5.46. The summed E-state index contributed by atoms with van der Waals surface area (Å²) in [5.41, 5.74) is 3.04. The van der Waals surface area contributed by atoms with Crippen LogP contribution in [-0.2, 0) is 0 Å². The van der Waals surface area contributed by atoms with Crippen molar-refractivity contribution in [1.29, 1.82) is 0 Å². The molecule has 4 nitrogen and oxygen atoms in total. The van der Waals surface area contributed by atoms with Crippen molar-refractivity contribution in [3.63, 3.8) is 0 Å². The van der Waals surface area contributed by atoms with Crippen molar-refractivity contribution in [3.05, 3.63) is 24.6 Å². The Kier molecular flexibility index (Phi) is 2.30. The average molecular weight is 243 g/mol. The topological polar surface area (TPSA) is 41.3 Å². The highest BCUT2D eigenvalue weighted by molar-refractivity contribution is 5.76. The standard InChI is InChI=1S/C14H17N3O/c1-2-11-13(3-5-15-11)17(6-1)10-8-14-12(16-9-10)4-7-18-14/h4,7-9,11,13,15H,1-3,5-6H2/t11-,13-/m0/s1. The van der Waals surface area contributed by atoms with Crippen molar-refractivity contribution in [2.24, 2.45) is 0 Å². The van der Waals surface area contributed by atoms with Gasteiger partial charge in [0.25, 0.3) is 0 Å². The van der Waals surface area contributed by atoms with Crippen molar-refractivity contribution >= 4 is 16.8 Å². The van der Waals surface area contributed by atoms with Crippen LogP contribution in [0.15, 0.2) is 29.0 Å². The Morgan fingerprint density at radius 2 is 2.39 bits per heavy atom. The molecule has 2 aromatic heterocycles. The lowest BCUT2D eigenvalue weighted by atomic mass is 9.97. The fourth-order valence-corrected chi connectivity index (χ4v) is 3.38. The molecule has 4 heteroatoms. The van der Waals surface area contributed by atoms with Gasteiger partial charge in [-0.3, -0.25) is 4.98 Å². The highest BCUT2D eigenvalue weighted by Gasteiger charge is 2.35. The molecule has 0 amide bonds. The molecule has 0 aromatic carbocycles. The molecule has 2 aliphatic rings.